The molecule has 0 spiro atoms. The number of rotatable bonds is 3. The van der Waals surface area contributed by atoms with E-state index in [9.17, 15) is 13.6 Å². The van der Waals surface area contributed by atoms with E-state index >= 15 is 0 Å². The Morgan fingerprint density at radius 1 is 1.25 bits per heavy atom. The molecule has 3 N–H and O–H groups in total. The van der Waals surface area contributed by atoms with Gasteiger partial charge in [-0.1, -0.05) is 0 Å². The van der Waals surface area contributed by atoms with Gasteiger partial charge in [0.15, 0.2) is 0 Å². The summed E-state index contributed by atoms with van der Waals surface area (Å²) in [6, 6.07) is 4.24. The fourth-order valence-corrected chi connectivity index (χ4v) is 1.61. The van der Waals surface area contributed by atoms with Crippen LogP contribution in [-0.2, 0) is 4.74 Å². The number of aromatic nitrogens is 1. The molecule has 0 fully saturated rings. The summed E-state index contributed by atoms with van der Waals surface area (Å²) in [4.78, 5) is 15.5. The first-order valence-electron chi connectivity index (χ1n) is 5.56. The highest BCUT2D eigenvalue weighted by molar-refractivity contribution is 5.96. The van der Waals surface area contributed by atoms with Gasteiger partial charge in [-0.3, -0.25) is 0 Å². The lowest BCUT2D eigenvalue weighted by Crippen LogP contribution is -2.08. The average Bonchev–Trinajstić information content (AvgIpc) is 2.38. The normalized spacial score (nSPS) is 10.2. The van der Waals surface area contributed by atoms with Gasteiger partial charge in [0.2, 0.25) is 0 Å². The highest BCUT2D eigenvalue weighted by Gasteiger charge is 2.14. The zero-order chi connectivity index (χ0) is 14.7. The molecule has 0 saturated heterocycles. The molecule has 1 aromatic carbocycles. The maximum atomic E-state index is 13.1. The van der Waals surface area contributed by atoms with Crippen molar-refractivity contribution in [2.24, 2.45) is 0 Å². The van der Waals surface area contributed by atoms with Gasteiger partial charge in [0.1, 0.15) is 23.0 Å². The Bertz CT molecular complexity index is 642. The largest absolute Gasteiger partial charge is 0.465 e. The van der Waals surface area contributed by atoms with E-state index in [0.29, 0.717) is 0 Å². The first-order chi connectivity index (χ1) is 9.49. The highest BCUT2D eigenvalue weighted by atomic mass is 19.1. The number of nitrogens with zero attached hydrogens (tertiary/aromatic N) is 1. The Labute approximate surface area is 113 Å². The van der Waals surface area contributed by atoms with Crippen LogP contribution in [0.5, 0.6) is 0 Å². The third-order valence-electron chi connectivity index (χ3n) is 2.44. The molecule has 0 radical (unpaired) electrons. The van der Waals surface area contributed by atoms with Crippen molar-refractivity contribution in [1.29, 1.82) is 0 Å². The Kier molecular flexibility index (Phi) is 3.79. The number of benzene rings is 1. The molecule has 0 unspecified atom stereocenters. The lowest BCUT2D eigenvalue weighted by Gasteiger charge is -2.10. The van der Waals surface area contributed by atoms with Crippen LogP contribution in [0, 0.1) is 11.6 Å². The van der Waals surface area contributed by atoms with Gasteiger partial charge in [0.25, 0.3) is 0 Å². The van der Waals surface area contributed by atoms with Gasteiger partial charge in [0.05, 0.1) is 19.0 Å². The number of nitrogen functional groups attached to an aromatic ring is 1. The Balaban J connectivity index is 2.40. The van der Waals surface area contributed by atoms with Crippen LogP contribution in [0.4, 0.5) is 26.0 Å². The van der Waals surface area contributed by atoms with E-state index < -0.39 is 17.6 Å². The minimum Gasteiger partial charge on any atom is -0.465 e. The molecule has 2 aromatic rings. The third kappa shape index (κ3) is 3.00. The fraction of sp³-hybridized carbons (Fsp3) is 0.0769. The summed E-state index contributed by atoms with van der Waals surface area (Å²) in [6.45, 7) is 0. The van der Waals surface area contributed by atoms with E-state index in [1.54, 1.807) is 0 Å². The maximum absolute atomic E-state index is 13.1. The van der Waals surface area contributed by atoms with Crippen molar-refractivity contribution in [3.05, 3.63) is 47.7 Å². The van der Waals surface area contributed by atoms with Crippen molar-refractivity contribution in [3.63, 3.8) is 0 Å². The number of ether oxygens (including phenoxy) is 1. The molecule has 0 atom stereocenters. The van der Waals surface area contributed by atoms with Gasteiger partial charge in [-0.25, -0.2) is 18.6 Å². The number of pyridine rings is 1. The molecule has 0 aliphatic rings. The summed E-state index contributed by atoms with van der Waals surface area (Å²) in [5.74, 6) is -2.06. The molecule has 0 aliphatic carbocycles. The van der Waals surface area contributed by atoms with Gasteiger partial charge in [0, 0.05) is 11.8 Å². The first kappa shape index (κ1) is 13.7. The lowest BCUT2D eigenvalue weighted by atomic mass is 10.2. The second-order valence-electron chi connectivity index (χ2n) is 3.94. The summed E-state index contributed by atoms with van der Waals surface area (Å²) in [5.41, 5.74) is 5.99. The molecule has 0 bridgehead atoms. The number of carbonyl (C=O) groups excluding carboxylic acids is 1. The van der Waals surface area contributed by atoms with Crippen molar-refractivity contribution in [2.75, 3.05) is 18.2 Å². The number of methoxy groups -OCH3 is 1. The van der Waals surface area contributed by atoms with Crippen LogP contribution in [0.1, 0.15) is 10.4 Å². The molecular formula is C13H11F2N3O2. The summed E-state index contributed by atoms with van der Waals surface area (Å²) < 4.78 is 30.8. The number of nitrogens with one attached hydrogen (secondary N) is 1. The number of halogens is 2. The smallest absolute Gasteiger partial charge is 0.341 e. The molecule has 104 valence electrons. The van der Waals surface area contributed by atoms with Gasteiger partial charge < -0.3 is 15.8 Å². The van der Waals surface area contributed by atoms with E-state index in [0.717, 1.165) is 18.2 Å². The Hall–Kier alpha value is -2.70. The van der Waals surface area contributed by atoms with Crippen molar-refractivity contribution in [3.8, 4) is 0 Å². The van der Waals surface area contributed by atoms with Crippen LogP contribution < -0.4 is 11.1 Å². The Morgan fingerprint density at radius 3 is 2.50 bits per heavy atom. The average molecular weight is 279 g/mol. The third-order valence-corrected chi connectivity index (χ3v) is 2.44. The van der Waals surface area contributed by atoms with Crippen LogP contribution in [-0.4, -0.2) is 18.1 Å². The monoisotopic (exact) mass is 279 g/mol. The van der Waals surface area contributed by atoms with Crippen molar-refractivity contribution in [2.45, 2.75) is 0 Å². The highest BCUT2D eigenvalue weighted by Crippen LogP contribution is 2.22. The predicted octanol–water partition coefficient (Wildman–Crippen LogP) is 2.47. The van der Waals surface area contributed by atoms with E-state index in [2.05, 4.69) is 15.0 Å². The number of hydrogen-bond donors (Lipinski definition) is 2. The molecule has 5 nitrogen and oxygen atoms in total. The van der Waals surface area contributed by atoms with Gasteiger partial charge in [-0.05, 0) is 18.2 Å². The molecule has 0 amide bonds. The fourth-order valence-electron chi connectivity index (χ4n) is 1.61. The van der Waals surface area contributed by atoms with Crippen LogP contribution in [0.25, 0.3) is 0 Å². The second-order valence-corrected chi connectivity index (χ2v) is 3.94. The van der Waals surface area contributed by atoms with E-state index in [4.69, 9.17) is 5.73 Å². The molecule has 0 saturated carbocycles. The van der Waals surface area contributed by atoms with Crippen molar-refractivity contribution in [1.82, 2.24) is 4.98 Å². The quantitative estimate of drug-likeness (QED) is 0.844. The molecule has 1 aromatic heterocycles. The van der Waals surface area contributed by atoms with Crippen LogP contribution in [0.2, 0.25) is 0 Å². The predicted molar refractivity (Wildman–Crippen MR) is 69.6 cm³/mol. The molecular weight excluding hydrogens is 268 g/mol. The number of esters is 1. The summed E-state index contributed by atoms with van der Waals surface area (Å²) in [5, 5.41) is 2.65. The molecule has 0 aliphatic heterocycles. The topological polar surface area (TPSA) is 77.2 Å². The zero-order valence-corrected chi connectivity index (χ0v) is 10.5. The van der Waals surface area contributed by atoms with E-state index in [-0.39, 0.29) is 22.8 Å². The number of nitrogens with two attached hydrogens (primary N) is 1. The van der Waals surface area contributed by atoms with E-state index in [1.807, 2.05) is 0 Å². The van der Waals surface area contributed by atoms with Gasteiger partial charge in [-0.2, -0.15) is 0 Å². The Morgan fingerprint density at radius 2 is 1.90 bits per heavy atom. The molecule has 7 heteroatoms. The summed E-state index contributed by atoms with van der Waals surface area (Å²) in [6.07, 6.45) is 1.31. The molecule has 1 heterocycles. The minimum atomic E-state index is -0.748. The van der Waals surface area contributed by atoms with Crippen molar-refractivity contribution < 1.29 is 18.3 Å². The SMILES string of the molecule is COC(=O)c1cc(N)cnc1Nc1cc(F)cc(F)c1. The second kappa shape index (κ2) is 5.52. The van der Waals surface area contributed by atoms with Crippen LogP contribution in [0.3, 0.4) is 0 Å². The minimum absolute atomic E-state index is 0.0668. The maximum Gasteiger partial charge on any atom is 0.341 e. The number of anilines is 3. The van der Waals surface area contributed by atoms with Gasteiger partial charge in [-0.15, -0.1) is 0 Å². The summed E-state index contributed by atoms with van der Waals surface area (Å²) in [7, 11) is 1.21. The van der Waals surface area contributed by atoms with E-state index in [1.165, 1.54) is 19.4 Å². The van der Waals surface area contributed by atoms with Gasteiger partial charge >= 0.3 is 5.97 Å². The molecule has 2 rings (SSSR count). The van der Waals surface area contributed by atoms with Crippen LogP contribution >= 0.6 is 0 Å². The summed E-state index contributed by atoms with van der Waals surface area (Å²) >= 11 is 0. The first-order valence-corrected chi connectivity index (χ1v) is 5.56. The lowest BCUT2D eigenvalue weighted by molar-refractivity contribution is 0.0601. The standard InChI is InChI=1S/C13H11F2N3O2/c1-20-13(19)11-5-9(16)6-17-12(11)18-10-3-7(14)2-8(15)4-10/h2-6H,16H2,1H3,(H,17,18). The van der Waals surface area contributed by atoms with Crippen LogP contribution in [0.15, 0.2) is 30.5 Å². The molecule has 20 heavy (non-hydrogen) atoms. The number of hydrogen-bond acceptors (Lipinski definition) is 5. The zero-order valence-electron chi connectivity index (χ0n) is 10.5. The number of carbonyl (C=O) groups is 1. The van der Waals surface area contributed by atoms with Crippen molar-refractivity contribution >= 4 is 23.2 Å².